The molecule has 0 saturated carbocycles. The van der Waals surface area contributed by atoms with Crippen LogP contribution >= 0.6 is 12.4 Å². The van der Waals surface area contributed by atoms with Gasteiger partial charge in [-0.3, -0.25) is 0 Å². The maximum Gasteiger partial charge on any atom is 0.142 e. The molecular formula is C9H14ClNO. The Morgan fingerprint density at radius 2 is 2.00 bits per heavy atom. The van der Waals surface area contributed by atoms with E-state index in [2.05, 4.69) is 5.32 Å². The van der Waals surface area contributed by atoms with Crippen molar-refractivity contribution in [2.24, 2.45) is 0 Å². The lowest BCUT2D eigenvalue weighted by Gasteiger charge is -2.07. The number of anilines is 1. The van der Waals surface area contributed by atoms with Crippen molar-refractivity contribution in [2.45, 2.75) is 6.92 Å². The van der Waals surface area contributed by atoms with Gasteiger partial charge in [0.15, 0.2) is 0 Å². The summed E-state index contributed by atoms with van der Waals surface area (Å²) in [6, 6.07) is 6.06. The minimum absolute atomic E-state index is 0. The van der Waals surface area contributed by atoms with E-state index in [9.17, 15) is 0 Å². The summed E-state index contributed by atoms with van der Waals surface area (Å²) in [4.78, 5) is 0. The summed E-state index contributed by atoms with van der Waals surface area (Å²) in [6.45, 7) is 2.04. The van der Waals surface area contributed by atoms with E-state index in [1.54, 1.807) is 7.11 Å². The predicted octanol–water partition coefficient (Wildman–Crippen LogP) is 2.47. The van der Waals surface area contributed by atoms with E-state index in [4.69, 9.17) is 4.74 Å². The van der Waals surface area contributed by atoms with Crippen molar-refractivity contribution in [3.8, 4) is 5.75 Å². The number of halogens is 1. The van der Waals surface area contributed by atoms with Crippen LogP contribution in [0.25, 0.3) is 0 Å². The van der Waals surface area contributed by atoms with Gasteiger partial charge in [-0.05, 0) is 24.6 Å². The topological polar surface area (TPSA) is 21.3 Å². The first kappa shape index (κ1) is 11.1. The van der Waals surface area contributed by atoms with Gasteiger partial charge < -0.3 is 10.1 Å². The predicted molar refractivity (Wildman–Crippen MR) is 54.5 cm³/mol. The maximum atomic E-state index is 5.15. The lowest BCUT2D eigenvalue weighted by atomic mass is 10.2. The van der Waals surface area contributed by atoms with Crippen molar-refractivity contribution in [1.29, 1.82) is 0 Å². The molecule has 2 nitrogen and oxygen atoms in total. The van der Waals surface area contributed by atoms with Gasteiger partial charge in [-0.2, -0.15) is 0 Å². The zero-order valence-corrected chi connectivity index (χ0v) is 8.37. The van der Waals surface area contributed by atoms with Gasteiger partial charge >= 0.3 is 0 Å². The molecule has 0 bridgehead atoms. The Morgan fingerprint density at radius 1 is 1.33 bits per heavy atom. The van der Waals surface area contributed by atoms with Crippen LogP contribution < -0.4 is 10.1 Å². The molecule has 1 rings (SSSR count). The molecule has 0 saturated heterocycles. The normalized spacial score (nSPS) is 8.58. The molecule has 0 aliphatic rings. The Bertz CT molecular complexity index is 250. The van der Waals surface area contributed by atoms with Crippen LogP contribution in [0.5, 0.6) is 5.75 Å². The Balaban J connectivity index is 0.00000121. The molecule has 0 unspecified atom stereocenters. The van der Waals surface area contributed by atoms with Gasteiger partial charge in [-0.25, -0.2) is 0 Å². The molecule has 12 heavy (non-hydrogen) atoms. The molecule has 68 valence electrons. The van der Waals surface area contributed by atoms with Gasteiger partial charge in [0.25, 0.3) is 0 Å². The van der Waals surface area contributed by atoms with Gasteiger partial charge in [-0.15, -0.1) is 12.4 Å². The fourth-order valence-corrected chi connectivity index (χ4v) is 1.00. The fourth-order valence-electron chi connectivity index (χ4n) is 1.00. The first-order valence-corrected chi connectivity index (χ1v) is 3.60. The number of hydrogen-bond acceptors (Lipinski definition) is 2. The second kappa shape index (κ2) is 4.88. The van der Waals surface area contributed by atoms with E-state index >= 15 is 0 Å². The maximum absolute atomic E-state index is 5.15. The summed E-state index contributed by atoms with van der Waals surface area (Å²) in [5, 5.41) is 3.05. The zero-order chi connectivity index (χ0) is 8.27. The number of nitrogens with one attached hydrogen (secondary N) is 1. The quantitative estimate of drug-likeness (QED) is 0.768. The van der Waals surface area contributed by atoms with Crippen LogP contribution in [0.15, 0.2) is 18.2 Å². The Labute approximate surface area is 79.3 Å². The van der Waals surface area contributed by atoms with Crippen molar-refractivity contribution in [3.63, 3.8) is 0 Å². The Morgan fingerprint density at radius 3 is 2.50 bits per heavy atom. The average Bonchev–Trinajstić information content (AvgIpc) is 2.04. The third-order valence-electron chi connectivity index (χ3n) is 1.63. The van der Waals surface area contributed by atoms with E-state index in [0.717, 1.165) is 11.4 Å². The average molecular weight is 188 g/mol. The molecule has 0 radical (unpaired) electrons. The second-order valence-corrected chi connectivity index (χ2v) is 2.45. The first-order valence-electron chi connectivity index (χ1n) is 3.60. The van der Waals surface area contributed by atoms with Crippen LogP contribution in [0, 0.1) is 6.92 Å². The summed E-state index contributed by atoms with van der Waals surface area (Å²) in [5.74, 6) is 0.896. The molecule has 3 heteroatoms. The van der Waals surface area contributed by atoms with E-state index in [1.165, 1.54) is 5.56 Å². The number of aryl methyl sites for hydroxylation is 1. The van der Waals surface area contributed by atoms with Crippen LogP contribution in [0.4, 0.5) is 5.69 Å². The van der Waals surface area contributed by atoms with Gasteiger partial charge in [-0.1, -0.05) is 6.07 Å². The second-order valence-electron chi connectivity index (χ2n) is 2.45. The van der Waals surface area contributed by atoms with Crippen molar-refractivity contribution in [3.05, 3.63) is 23.8 Å². The SMILES string of the molecule is CNc1ccc(C)cc1OC.Cl. The molecule has 1 N–H and O–H groups in total. The molecule has 1 aromatic rings. The summed E-state index contributed by atoms with van der Waals surface area (Å²) < 4.78 is 5.15. The number of hydrogen-bond donors (Lipinski definition) is 1. The third kappa shape index (κ3) is 2.31. The van der Waals surface area contributed by atoms with Crippen molar-refractivity contribution in [1.82, 2.24) is 0 Å². The van der Waals surface area contributed by atoms with Crippen LogP contribution in [0.2, 0.25) is 0 Å². The molecule has 0 aliphatic carbocycles. The third-order valence-corrected chi connectivity index (χ3v) is 1.63. The molecular weight excluding hydrogens is 174 g/mol. The lowest BCUT2D eigenvalue weighted by Crippen LogP contribution is -1.93. The highest BCUT2D eigenvalue weighted by Gasteiger charge is 1.98. The monoisotopic (exact) mass is 187 g/mol. The number of benzene rings is 1. The minimum Gasteiger partial charge on any atom is -0.495 e. The summed E-state index contributed by atoms with van der Waals surface area (Å²) in [6.07, 6.45) is 0. The number of rotatable bonds is 2. The highest BCUT2D eigenvalue weighted by atomic mass is 35.5. The van der Waals surface area contributed by atoms with E-state index in [1.807, 2.05) is 32.2 Å². The number of ether oxygens (including phenoxy) is 1. The van der Waals surface area contributed by atoms with Gasteiger partial charge in [0.2, 0.25) is 0 Å². The smallest absolute Gasteiger partial charge is 0.142 e. The van der Waals surface area contributed by atoms with Crippen LogP contribution in [-0.4, -0.2) is 14.2 Å². The highest BCUT2D eigenvalue weighted by molar-refractivity contribution is 5.85. The van der Waals surface area contributed by atoms with Gasteiger partial charge in [0, 0.05) is 7.05 Å². The van der Waals surface area contributed by atoms with Crippen LogP contribution in [-0.2, 0) is 0 Å². The van der Waals surface area contributed by atoms with Crippen molar-refractivity contribution < 1.29 is 4.74 Å². The fraction of sp³-hybridized carbons (Fsp3) is 0.333. The minimum atomic E-state index is 0. The first-order chi connectivity index (χ1) is 5.27. The summed E-state index contributed by atoms with van der Waals surface area (Å²) in [5.41, 5.74) is 2.24. The van der Waals surface area contributed by atoms with Crippen LogP contribution in [0.3, 0.4) is 0 Å². The molecule has 0 aliphatic heterocycles. The Hall–Kier alpha value is -0.890. The summed E-state index contributed by atoms with van der Waals surface area (Å²) >= 11 is 0. The van der Waals surface area contributed by atoms with E-state index < -0.39 is 0 Å². The van der Waals surface area contributed by atoms with E-state index in [-0.39, 0.29) is 12.4 Å². The van der Waals surface area contributed by atoms with Crippen LogP contribution in [0.1, 0.15) is 5.56 Å². The number of methoxy groups -OCH3 is 1. The molecule has 0 heterocycles. The molecule has 0 atom stereocenters. The van der Waals surface area contributed by atoms with Gasteiger partial charge in [0.1, 0.15) is 5.75 Å². The molecule has 0 fully saturated rings. The molecule has 0 amide bonds. The Kier molecular flexibility index (Phi) is 4.52. The molecule has 1 aromatic carbocycles. The lowest BCUT2D eigenvalue weighted by molar-refractivity contribution is 0.416. The summed E-state index contributed by atoms with van der Waals surface area (Å²) in [7, 11) is 3.56. The molecule has 0 aromatic heterocycles. The molecule has 0 spiro atoms. The van der Waals surface area contributed by atoms with Crippen molar-refractivity contribution in [2.75, 3.05) is 19.5 Å². The zero-order valence-electron chi connectivity index (χ0n) is 7.55. The van der Waals surface area contributed by atoms with E-state index in [0.29, 0.717) is 0 Å². The standard InChI is InChI=1S/C9H13NO.ClH/c1-7-4-5-8(10-2)9(6-7)11-3;/h4-6,10H,1-3H3;1H. The van der Waals surface area contributed by atoms with Crippen molar-refractivity contribution >= 4 is 18.1 Å². The van der Waals surface area contributed by atoms with Gasteiger partial charge in [0.05, 0.1) is 12.8 Å². The largest absolute Gasteiger partial charge is 0.495 e. The highest BCUT2D eigenvalue weighted by Crippen LogP contribution is 2.24.